The third kappa shape index (κ3) is 4.57. The van der Waals surface area contributed by atoms with Crippen molar-refractivity contribution in [2.24, 2.45) is 5.73 Å². The molecule has 0 bridgehead atoms. The van der Waals surface area contributed by atoms with Crippen molar-refractivity contribution < 1.29 is 14.0 Å². The fourth-order valence-corrected chi connectivity index (χ4v) is 2.99. The number of likely N-dealkylation sites (N-methyl/N-ethyl adjacent to an activating group) is 1. The van der Waals surface area contributed by atoms with Crippen molar-refractivity contribution in [1.82, 2.24) is 9.88 Å². The number of amides is 2. The van der Waals surface area contributed by atoms with Gasteiger partial charge in [0, 0.05) is 18.8 Å². The van der Waals surface area contributed by atoms with Crippen LogP contribution in [-0.2, 0) is 16.1 Å². The van der Waals surface area contributed by atoms with Gasteiger partial charge in [-0.2, -0.15) is 0 Å². The number of nitrogens with two attached hydrogens (primary N) is 1. The van der Waals surface area contributed by atoms with Gasteiger partial charge in [0.1, 0.15) is 11.9 Å². The van der Waals surface area contributed by atoms with Gasteiger partial charge < -0.3 is 11.1 Å². The number of primary amides is 1. The molecule has 1 aromatic carbocycles. The number of benzene rings is 1. The molecular weight excluding hydrogens is 319 g/mol. The summed E-state index contributed by atoms with van der Waals surface area (Å²) in [7, 11) is 1.71. The molecule has 0 radical (unpaired) electrons. The maximum atomic E-state index is 13.4. The topological polar surface area (TPSA) is 88.3 Å². The van der Waals surface area contributed by atoms with E-state index in [0.717, 1.165) is 0 Å². The Morgan fingerprint density at radius 1 is 1.48 bits per heavy atom. The Balaban J connectivity index is 2.15. The molecule has 1 heterocycles. The summed E-state index contributed by atoms with van der Waals surface area (Å²) in [5.41, 5.74) is 6.63. The van der Waals surface area contributed by atoms with Crippen molar-refractivity contribution in [2.45, 2.75) is 19.5 Å². The number of rotatable bonds is 6. The van der Waals surface area contributed by atoms with Crippen LogP contribution in [0.1, 0.15) is 24.2 Å². The summed E-state index contributed by atoms with van der Waals surface area (Å²) in [5.74, 6) is -1.20. The lowest BCUT2D eigenvalue weighted by Crippen LogP contribution is -2.35. The first-order valence-electron chi connectivity index (χ1n) is 6.84. The van der Waals surface area contributed by atoms with Crippen LogP contribution in [0.4, 0.5) is 9.52 Å². The van der Waals surface area contributed by atoms with Crippen LogP contribution in [0.3, 0.4) is 0 Å². The van der Waals surface area contributed by atoms with Gasteiger partial charge in [-0.05, 0) is 24.7 Å². The first-order chi connectivity index (χ1) is 10.9. The van der Waals surface area contributed by atoms with Gasteiger partial charge in [0.25, 0.3) is 0 Å². The van der Waals surface area contributed by atoms with E-state index < -0.39 is 17.8 Å². The van der Waals surface area contributed by atoms with Gasteiger partial charge in [-0.3, -0.25) is 14.5 Å². The fourth-order valence-electron chi connectivity index (χ4n) is 2.25. The zero-order chi connectivity index (χ0) is 17.0. The van der Waals surface area contributed by atoms with Crippen LogP contribution in [-0.4, -0.2) is 28.7 Å². The minimum atomic E-state index is -0.767. The Morgan fingerprint density at radius 2 is 2.22 bits per heavy atom. The second kappa shape index (κ2) is 7.30. The van der Waals surface area contributed by atoms with Gasteiger partial charge in [-0.25, -0.2) is 9.37 Å². The average molecular weight is 336 g/mol. The Kier molecular flexibility index (Phi) is 5.41. The molecule has 0 aliphatic carbocycles. The largest absolute Gasteiger partial charge is 0.368 e. The van der Waals surface area contributed by atoms with Crippen molar-refractivity contribution in [3.63, 3.8) is 0 Å². The quantitative estimate of drug-likeness (QED) is 0.843. The zero-order valence-corrected chi connectivity index (χ0v) is 13.6. The van der Waals surface area contributed by atoms with Gasteiger partial charge >= 0.3 is 0 Å². The number of halogens is 1. The Hall–Kier alpha value is -2.32. The van der Waals surface area contributed by atoms with Crippen LogP contribution in [0.25, 0.3) is 0 Å². The van der Waals surface area contributed by atoms with Gasteiger partial charge in [0.15, 0.2) is 5.13 Å². The summed E-state index contributed by atoms with van der Waals surface area (Å²) < 4.78 is 13.4. The number of hydrogen-bond donors (Lipinski definition) is 2. The molecule has 0 unspecified atom stereocenters. The van der Waals surface area contributed by atoms with Crippen molar-refractivity contribution >= 4 is 28.3 Å². The van der Waals surface area contributed by atoms with Crippen LogP contribution >= 0.6 is 11.3 Å². The molecule has 1 aromatic heterocycles. The van der Waals surface area contributed by atoms with E-state index in [1.54, 1.807) is 23.4 Å². The average Bonchev–Trinajstić information content (AvgIpc) is 2.84. The summed E-state index contributed by atoms with van der Waals surface area (Å²) in [6.45, 7) is 1.74. The molecule has 0 aliphatic rings. The lowest BCUT2D eigenvalue weighted by atomic mass is 10.0. The maximum absolute atomic E-state index is 13.4. The Morgan fingerprint density at radius 3 is 2.83 bits per heavy atom. The number of anilines is 1. The minimum Gasteiger partial charge on any atom is -0.368 e. The molecule has 0 aliphatic heterocycles. The van der Waals surface area contributed by atoms with E-state index in [1.165, 1.54) is 36.5 Å². The van der Waals surface area contributed by atoms with E-state index in [0.29, 0.717) is 22.9 Å². The van der Waals surface area contributed by atoms with Gasteiger partial charge in [-0.15, -0.1) is 11.3 Å². The van der Waals surface area contributed by atoms with Crippen molar-refractivity contribution in [1.29, 1.82) is 0 Å². The van der Waals surface area contributed by atoms with Crippen LogP contribution in [0.15, 0.2) is 29.6 Å². The molecule has 0 fully saturated rings. The molecular formula is C15H17FN4O2S. The van der Waals surface area contributed by atoms with E-state index in [9.17, 15) is 14.0 Å². The van der Waals surface area contributed by atoms with E-state index in [4.69, 9.17) is 5.73 Å². The molecule has 6 nitrogen and oxygen atoms in total. The molecule has 3 N–H and O–H groups in total. The number of carbonyl (C=O) groups excluding carboxylic acids is 2. The number of aromatic nitrogens is 1. The van der Waals surface area contributed by atoms with Crippen molar-refractivity contribution in [2.75, 3.05) is 12.4 Å². The smallest absolute Gasteiger partial charge is 0.239 e. The van der Waals surface area contributed by atoms with Crippen molar-refractivity contribution in [3.05, 3.63) is 46.7 Å². The third-order valence-electron chi connectivity index (χ3n) is 3.12. The molecule has 1 atom stereocenters. The van der Waals surface area contributed by atoms with E-state index in [1.807, 2.05) is 0 Å². The van der Waals surface area contributed by atoms with E-state index in [2.05, 4.69) is 10.3 Å². The SMILES string of the molecule is CC(=O)Nc1nc(CN(C)[C@H](C(N)=O)c2cccc(F)c2)cs1. The predicted octanol–water partition coefficient (Wildman–Crippen LogP) is 1.90. The predicted molar refractivity (Wildman–Crippen MR) is 86.2 cm³/mol. The van der Waals surface area contributed by atoms with Crippen LogP contribution in [0.2, 0.25) is 0 Å². The summed E-state index contributed by atoms with van der Waals surface area (Å²) in [4.78, 5) is 28.7. The molecule has 23 heavy (non-hydrogen) atoms. The lowest BCUT2D eigenvalue weighted by molar-refractivity contribution is -0.123. The minimum absolute atomic E-state index is 0.200. The Labute approximate surface area is 137 Å². The van der Waals surface area contributed by atoms with E-state index >= 15 is 0 Å². The highest BCUT2D eigenvalue weighted by atomic mass is 32.1. The number of nitrogens with zero attached hydrogens (tertiary/aromatic N) is 2. The van der Waals surface area contributed by atoms with Gasteiger partial charge in [0.05, 0.1) is 5.69 Å². The summed E-state index contributed by atoms with van der Waals surface area (Å²) in [6, 6.07) is 5.01. The fraction of sp³-hybridized carbons (Fsp3) is 0.267. The van der Waals surface area contributed by atoms with Crippen LogP contribution < -0.4 is 11.1 Å². The first kappa shape index (κ1) is 17.0. The number of carbonyl (C=O) groups is 2. The number of nitrogens with one attached hydrogen (secondary N) is 1. The lowest BCUT2D eigenvalue weighted by Gasteiger charge is -2.25. The zero-order valence-electron chi connectivity index (χ0n) is 12.7. The second-order valence-corrected chi connectivity index (χ2v) is 5.96. The normalized spacial score (nSPS) is 12.2. The molecule has 0 saturated carbocycles. The number of hydrogen-bond acceptors (Lipinski definition) is 5. The Bertz CT molecular complexity index is 719. The highest BCUT2D eigenvalue weighted by Gasteiger charge is 2.24. The van der Waals surface area contributed by atoms with Crippen LogP contribution in [0, 0.1) is 5.82 Å². The monoisotopic (exact) mass is 336 g/mol. The molecule has 0 spiro atoms. The third-order valence-corrected chi connectivity index (χ3v) is 3.93. The first-order valence-corrected chi connectivity index (χ1v) is 7.72. The summed E-state index contributed by atoms with van der Waals surface area (Å²) in [5, 5.41) is 4.87. The summed E-state index contributed by atoms with van der Waals surface area (Å²) in [6.07, 6.45) is 0. The van der Waals surface area contributed by atoms with Gasteiger partial charge in [-0.1, -0.05) is 12.1 Å². The molecule has 0 saturated heterocycles. The van der Waals surface area contributed by atoms with Crippen LogP contribution in [0.5, 0.6) is 0 Å². The summed E-state index contributed by atoms with van der Waals surface area (Å²) >= 11 is 1.29. The molecule has 2 aromatic rings. The highest BCUT2D eigenvalue weighted by Crippen LogP contribution is 2.23. The molecule has 122 valence electrons. The maximum Gasteiger partial charge on any atom is 0.239 e. The molecule has 8 heteroatoms. The number of thiazole rings is 1. The van der Waals surface area contributed by atoms with Gasteiger partial charge in [0.2, 0.25) is 11.8 Å². The standard InChI is InChI=1S/C15H17FN4O2S/c1-9(21)18-15-19-12(8-23-15)7-20(2)13(14(17)22)10-4-3-5-11(16)6-10/h3-6,8,13H,7H2,1-2H3,(H2,17,22)(H,18,19,21)/t13-/m0/s1. The van der Waals surface area contributed by atoms with E-state index in [-0.39, 0.29) is 5.91 Å². The van der Waals surface area contributed by atoms with Crippen molar-refractivity contribution in [3.8, 4) is 0 Å². The molecule has 2 rings (SSSR count). The second-order valence-electron chi connectivity index (χ2n) is 5.10. The molecule has 2 amide bonds. The highest BCUT2D eigenvalue weighted by molar-refractivity contribution is 7.13.